The first-order valence-electron chi connectivity index (χ1n) is 7.38. The number of benzene rings is 1. The van der Waals surface area contributed by atoms with E-state index in [4.69, 9.17) is 9.47 Å². The van der Waals surface area contributed by atoms with Crippen molar-refractivity contribution in [2.45, 2.75) is 20.1 Å². The van der Waals surface area contributed by atoms with Crippen LogP contribution in [0.2, 0.25) is 0 Å². The van der Waals surface area contributed by atoms with Gasteiger partial charge in [-0.25, -0.2) is 4.98 Å². The summed E-state index contributed by atoms with van der Waals surface area (Å²) in [5.41, 5.74) is 2.43. The highest BCUT2D eigenvalue weighted by atomic mass is 16.5. The number of pyridine rings is 1. The number of aliphatic hydroxyl groups is 2. The average Bonchev–Trinajstić information content (AvgIpc) is 2.61. The quantitative estimate of drug-likeness (QED) is 0.752. The number of hydrogen-bond acceptors (Lipinski definition) is 6. The van der Waals surface area contributed by atoms with Crippen molar-refractivity contribution < 1.29 is 24.8 Å². The fraction of sp³-hybridized carbons (Fsp3) is 0.278. The van der Waals surface area contributed by atoms with Crippen LogP contribution in [0.4, 0.5) is 0 Å². The molecule has 6 heteroatoms. The second-order valence-electron chi connectivity index (χ2n) is 5.15. The highest BCUT2D eigenvalue weighted by molar-refractivity contribution is 5.72. The molecule has 0 unspecified atom stereocenters. The number of aliphatic hydroxyl groups excluding tert-OH is 2. The van der Waals surface area contributed by atoms with Crippen molar-refractivity contribution in [1.82, 2.24) is 4.98 Å². The van der Waals surface area contributed by atoms with Gasteiger partial charge in [0.1, 0.15) is 5.75 Å². The molecule has 0 fully saturated rings. The van der Waals surface area contributed by atoms with E-state index in [1.807, 2.05) is 12.1 Å². The predicted molar refractivity (Wildman–Crippen MR) is 91.0 cm³/mol. The standard InChI is InChI=1S/C18H21NO5/c1-11-18(22)14(10-21)13(9-20)15(19-11)6-4-12-5-7-16(23-2)17(8-12)24-3/h4-8,20-22H,9-10H2,1-3H3/b6-4+. The van der Waals surface area contributed by atoms with Crippen molar-refractivity contribution in [2.75, 3.05) is 14.2 Å². The van der Waals surface area contributed by atoms with Gasteiger partial charge in [0.25, 0.3) is 0 Å². The Labute approximate surface area is 140 Å². The lowest BCUT2D eigenvalue weighted by Gasteiger charge is -2.12. The molecule has 6 nitrogen and oxygen atoms in total. The first-order valence-corrected chi connectivity index (χ1v) is 7.38. The van der Waals surface area contributed by atoms with Crippen LogP contribution < -0.4 is 9.47 Å². The van der Waals surface area contributed by atoms with Gasteiger partial charge in [0, 0.05) is 11.1 Å². The van der Waals surface area contributed by atoms with Crippen molar-refractivity contribution in [3.05, 3.63) is 46.3 Å². The van der Waals surface area contributed by atoms with Crippen LogP contribution in [-0.4, -0.2) is 34.5 Å². The fourth-order valence-corrected chi connectivity index (χ4v) is 2.43. The van der Waals surface area contributed by atoms with Crippen molar-refractivity contribution in [3.63, 3.8) is 0 Å². The van der Waals surface area contributed by atoms with E-state index in [0.29, 0.717) is 28.5 Å². The summed E-state index contributed by atoms with van der Waals surface area (Å²) in [6.45, 7) is 0.939. The zero-order chi connectivity index (χ0) is 17.7. The third-order valence-electron chi connectivity index (χ3n) is 3.75. The average molecular weight is 331 g/mol. The van der Waals surface area contributed by atoms with E-state index in [0.717, 1.165) is 5.56 Å². The van der Waals surface area contributed by atoms with Crippen LogP contribution in [0, 0.1) is 6.92 Å². The van der Waals surface area contributed by atoms with Crippen LogP contribution >= 0.6 is 0 Å². The van der Waals surface area contributed by atoms with Gasteiger partial charge < -0.3 is 24.8 Å². The zero-order valence-electron chi connectivity index (χ0n) is 13.9. The monoisotopic (exact) mass is 331 g/mol. The molecule has 2 aromatic rings. The Morgan fingerprint density at radius 3 is 2.25 bits per heavy atom. The predicted octanol–water partition coefficient (Wildman–Crippen LogP) is 2.27. The lowest BCUT2D eigenvalue weighted by Crippen LogP contribution is -2.03. The normalized spacial score (nSPS) is 11.0. The first kappa shape index (κ1) is 17.8. The number of nitrogens with zero attached hydrogens (tertiary/aromatic N) is 1. The minimum Gasteiger partial charge on any atom is -0.506 e. The van der Waals surface area contributed by atoms with Crippen LogP contribution in [0.3, 0.4) is 0 Å². The molecule has 128 valence electrons. The Morgan fingerprint density at radius 1 is 1.00 bits per heavy atom. The Bertz CT molecular complexity index is 756. The van der Waals surface area contributed by atoms with E-state index >= 15 is 0 Å². The molecule has 1 aromatic carbocycles. The van der Waals surface area contributed by atoms with E-state index in [1.54, 1.807) is 39.4 Å². The largest absolute Gasteiger partial charge is 0.506 e. The van der Waals surface area contributed by atoms with Gasteiger partial charge in [-0.05, 0) is 30.7 Å². The number of hydrogen-bond donors (Lipinski definition) is 3. The summed E-state index contributed by atoms with van der Waals surface area (Å²) < 4.78 is 10.5. The van der Waals surface area contributed by atoms with E-state index < -0.39 is 0 Å². The molecular weight excluding hydrogens is 310 g/mol. The van der Waals surface area contributed by atoms with Gasteiger partial charge in [0.2, 0.25) is 0 Å². The summed E-state index contributed by atoms with van der Waals surface area (Å²) in [5.74, 6) is 1.14. The van der Waals surface area contributed by atoms with E-state index in [-0.39, 0.29) is 24.5 Å². The molecule has 24 heavy (non-hydrogen) atoms. The lowest BCUT2D eigenvalue weighted by molar-refractivity contribution is 0.254. The summed E-state index contributed by atoms with van der Waals surface area (Å²) >= 11 is 0. The smallest absolute Gasteiger partial charge is 0.161 e. The minimum absolute atomic E-state index is 0.0928. The van der Waals surface area contributed by atoms with E-state index in [2.05, 4.69) is 4.98 Å². The number of rotatable bonds is 6. The zero-order valence-corrected chi connectivity index (χ0v) is 13.9. The van der Waals surface area contributed by atoms with Gasteiger partial charge in [0.15, 0.2) is 11.5 Å². The van der Waals surface area contributed by atoms with E-state index in [9.17, 15) is 15.3 Å². The molecule has 0 amide bonds. The topological polar surface area (TPSA) is 92.0 Å². The summed E-state index contributed by atoms with van der Waals surface area (Å²) in [5, 5.41) is 29.0. The highest BCUT2D eigenvalue weighted by Crippen LogP contribution is 2.30. The van der Waals surface area contributed by atoms with Crippen LogP contribution in [0.1, 0.15) is 28.1 Å². The van der Waals surface area contributed by atoms with Gasteiger partial charge in [-0.1, -0.05) is 12.1 Å². The maximum absolute atomic E-state index is 9.96. The Morgan fingerprint density at radius 2 is 1.67 bits per heavy atom. The Balaban J connectivity index is 2.44. The molecule has 0 atom stereocenters. The SMILES string of the molecule is COc1ccc(/C=C/c2nc(C)c(O)c(CO)c2CO)cc1OC. The maximum Gasteiger partial charge on any atom is 0.161 e. The molecule has 0 aliphatic heterocycles. The summed E-state index contributed by atoms with van der Waals surface area (Å²) in [4.78, 5) is 4.28. The third kappa shape index (κ3) is 3.50. The summed E-state index contributed by atoms with van der Waals surface area (Å²) in [6.07, 6.45) is 3.53. The van der Waals surface area contributed by atoms with Crippen molar-refractivity contribution in [3.8, 4) is 17.2 Å². The Hall–Kier alpha value is -2.57. The second-order valence-corrected chi connectivity index (χ2v) is 5.15. The van der Waals surface area contributed by atoms with Gasteiger partial charge in [-0.15, -0.1) is 0 Å². The van der Waals surface area contributed by atoms with Gasteiger partial charge in [-0.3, -0.25) is 0 Å². The maximum atomic E-state index is 9.96. The van der Waals surface area contributed by atoms with Crippen LogP contribution in [0.5, 0.6) is 17.2 Å². The summed E-state index contributed by atoms with van der Waals surface area (Å²) in [7, 11) is 3.13. The molecule has 2 rings (SSSR count). The van der Waals surface area contributed by atoms with Crippen molar-refractivity contribution in [1.29, 1.82) is 0 Å². The summed E-state index contributed by atoms with van der Waals surface area (Å²) in [6, 6.07) is 5.46. The number of methoxy groups -OCH3 is 2. The molecule has 1 heterocycles. The highest BCUT2D eigenvalue weighted by Gasteiger charge is 2.14. The third-order valence-corrected chi connectivity index (χ3v) is 3.75. The van der Waals surface area contributed by atoms with Crippen molar-refractivity contribution in [2.24, 2.45) is 0 Å². The van der Waals surface area contributed by atoms with Crippen molar-refractivity contribution >= 4 is 12.2 Å². The molecule has 0 aliphatic carbocycles. The molecule has 0 radical (unpaired) electrons. The molecule has 1 aromatic heterocycles. The number of aromatic hydroxyl groups is 1. The molecule has 0 saturated carbocycles. The molecule has 0 saturated heterocycles. The molecule has 0 bridgehead atoms. The molecule has 3 N–H and O–H groups in total. The molecule has 0 aliphatic rings. The van der Waals surface area contributed by atoms with E-state index in [1.165, 1.54) is 0 Å². The van der Waals surface area contributed by atoms with Gasteiger partial charge in [-0.2, -0.15) is 0 Å². The van der Waals surface area contributed by atoms with Gasteiger partial charge in [0.05, 0.1) is 38.8 Å². The number of ether oxygens (including phenoxy) is 2. The van der Waals surface area contributed by atoms with Crippen LogP contribution in [-0.2, 0) is 13.2 Å². The lowest BCUT2D eigenvalue weighted by atomic mass is 10.0. The van der Waals surface area contributed by atoms with Crippen LogP contribution in [0.25, 0.3) is 12.2 Å². The Kier molecular flexibility index (Phi) is 5.78. The number of aryl methyl sites for hydroxylation is 1. The fourth-order valence-electron chi connectivity index (χ4n) is 2.43. The number of aromatic nitrogens is 1. The van der Waals surface area contributed by atoms with Crippen LogP contribution in [0.15, 0.2) is 18.2 Å². The minimum atomic E-state index is -0.373. The molecular formula is C18H21NO5. The van der Waals surface area contributed by atoms with Gasteiger partial charge >= 0.3 is 0 Å². The first-order chi connectivity index (χ1) is 11.5. The molecule has 0 spiro atoms. The second kappa shape index (κ2) is 7.81.